The van der Waals surface area contributed by atoms with Gasteiger partial charge >= 0.3 is 0 Å². The van der Waals surface area contributed by atoms with E-state index < -0.39 is 0 Å². The van der Waals surface area contributed by atoms with Crippen molar-refractivity contribution in [2.75, 3.05) is 0 Å². The lowest BCUT2D eigenvalue weighted by molar-refractivity contribution is 1.60. The van der Waals surface area contributed by atoms with Crippen molar-refractivity contribution in [3.05, 3.63) is 218 Å². The number of fused-ring (bicyclic) bond motifs is 3. The first kappa shape index (κ1) is 31.7. The van der Waals surface area contributed by atoms with Crippen LogP contribution in [0.2, 0.25) is 0 Å². The summed E-state index contributed by atoms with van der Waals surface area (Å²) < 4.78 is 0. The van der Waals surface area contributed by atoms with Gasteiger partial charge in [-0.3, -0.25) is 0 Å². The van der Waals surface area contributed by atoms with Crippen LogP contribution in [-0.2, 0) is 0 Å². The Morgan fingerprint density at radius 2 is 0.407 bits per heavy atom. The average Bonchev–Trinajstić information content (AvgIpc) is 3.26. The van der Waals surface area contributed by atoms with Gasteiger partial charge in [-0.1, -0.05) is 218 Å². The fraction of sp³-hybridized carbons (Fsp3) is 0. The summed E-state index contributed by atoms with van der Waals surface area (Å²) in [6.45, 7) is 0. The first-order valence-corrected chi connectivity index (χ1v) is 18.7. The third-order valence-corrected chi connectivity index (χ3v) is 10.9. The van der Waals surface area contributed by atoms with Crippen LogP contribution in [0.15, 0.2) is 218 Å². The van der Waals surface area contributed by atoms with Crippen molar-refractivity contribution in [2.24, 2.45) is 0 Å². The van der Waals surface area contributed by atoms with Crippen LogP contribution < -0.4 is 0 Å². The molecule has 0 atom stereocenters. The fourth-order valence-corrected chi connectivity index (χ4v) is 8.49. The maximum atomic E-state index is 2.36. The molecule has 10 aromatic carbocycles. The zero-order valence-electron chi connectivity index (χ0n) is 29.8. The largest absolute Gasteiger partial charge is 0.0622 e. The highest BCUT2D eigenvalue weighted by Gasteiger charge is 2.21. The highest BCUT2D eigenvalue weighted by atomic mass is 14.2. The summed E-state index contributed by atoms with van der Waals surface area (Å²) >= 11 is 0. The highest BCUT2D eigenvalue weighted by molar-refractivity contribution is 6.17. The SMILES string of the molecule is c1ccc(-c2ccc(-c3ccc4c(-c5ccccc5)c(-c5ccc(-c6ccccc6)c6ccccc56)ccc4c3-c3ccccc3)c3ccccc23)cc1. The number of hydrogen-bond acceptors (Lipinski definition) is 0. The molecule has 10 rings (SSSR count). The van der Waals surface area contributed by atoms with E-state index in [0.29, 0.717) is 0 Å². The first-order chi connectivity index (χ1) is 26.8. The molecule has 0 saturated carbocycles. The van der Waals surface area contributed by atoms with E-state index in [9.17, 15) is 0 Å². The number of hydrogen-bond donors (Lipinski definition) is 0. The molecule has 0 spiro atoms. The van der Waals surface area contributed by atoms with Gasteiger partial charge in [-0.15, -0.1) is 0 Å². The average molecular weight is 685 g/mol. The molecule has 0 heterocycles. The molecule has 252 valence electrons. The fourth-order valence-electron chi connectivity index (χ4n) is 8.49. The van der Waals surface area contributed by atoms with E-state index in [2.05, 4.69) is 218 Å². The van der Waals surface area contributed by atoms with Gasteiger partial charge < -0.3 is 0 Å². The van der Waals surface area contributed by atoms with E-state index in [4.69, 9.17) is 0 Å². The predicted octanol–water partition coefficient (Wildman–Crippen LogP) is 15.1. The van der Waals surface area contributed by atoms with E-state index >= 15 is 0 Å². The lowest BCUT2D eigenvalue weighted by Crippen LogP contribution is -1.94. The van der Waals surface area contributed by atoms with E-state index in [1.807, 2.05) is 0 Å². The van der Waals surface area contributed by atoms with Gasteiger partial charge in [0.2, 0.25) is 0 Å². The van der Waals surface area contributed by atoms with E-state index in [0.717, 1.165) is 0 Å². The summed E-state index contributed by atoms with van der Waals surface area (Å²) in [6.07, 6.45) is 0. The molecule has 0 unspecified atom stereocenters. The van der Waals surface area contributed by atoms with Crippen molar-refractivity contribution in [3.8, 4) is 66.8 Å². The third-order valence-electron chi connectivity index (χ3n) is 10.9. The van der Waals surface area contributed by atoms with Gasteiger partial charge in [0.1, 0.15) is 0 Å². The Bertz CT molecular complexity index is 2740. The van der Waals surface area contributed by atoms with Crippen LogP contribution in [0.25, 0.3) is 99.1 Å². The molecule has 10 aromatic rings. The number of benzene rings is 10. The Labute approximate surface area is 316 Å². The molecule has 0 saturated heterocycles. The van der Waals surface area contributed by atoms with Crippen LogP contribution in [0.3, 0.4) is 0 Å². The minimum absolute atomic E-state index is 1.21. The Morgan fingerprint density at radius 1 is 0.148 bits per heavy atom. The van der Waals surface area contributed by atoms with Gasteiger partial charge in [0.05, 0.1) is 0 Å². The molecule has 0 aliphatic carbocycles. The highest BCUT2D eigenvalue weighted by Crippen LogP contribution is 2.48. The monoisotopic (exact) mass is 684 g/mol. The molecule has 0 radical (unpaired) electrons. The molecule has 0 heteroatoms. The van der Waals surface area contributed by atoms with E-state index in [1.54, 1.807) is 0 Å². The Kier molecular flexibility index (Phi) is 7.93. The summed E-state index contributed by atoms with van der Waals surface area (Å²) in [5.74, 6) is 0. The minimum Gasteiger partial charge on any atom is -0.0622 e. The van der Waals surface area contributed by atoms with Crippen LogP contribution in [0.4, 0.5) is 0 Å². The molecule has 0 bridgehead atoms. The second kappa shape index (κ2) is 13.5. The first-order valence-electron chi connectivity index (χ1n) is 18.7. The van der Waals surface area contributed by atoms with Gasteiger partial charge in [0.25, 0.3) is 0 Å². The summed E-state index contributed by atoms with van der Waals surface area (Å²) in [5.41, 5.74) is 14.8. The molecule has 0 fully saturated rings. The third kappa shape index (κ3) is 5.40. The second-order valence-electron chi connectivity index (χ2n) is 13.9. The zero-order chi connectivity index (χ0) is 35.8. The second-order valence-corrected chi connectivity index (χ2v) is 13.9. The van der Waals surface area contributed by atoms with Crippen LogP contribution >= 0.6 is 0 Å². The minimum atomic E-state index is 1.21. The van der Waals surface area contributed by atoms with Crippen LogP contribution in [0.1, 0.15) is 0 Å². The molecule has 0 aromatic heterocycles. The Morgan fingerprint density at radius 3 is 0.759 bits per heavy atom. The molecule has 0 aliphatic rings. The summed E-state index contributed by atoms with van der Waals surface area (Å²) in [6, 6.07) is 79.7. The van der Waals surface area contributed by atoms with Crippen LogP contribution in [-0.4, -0.2) is 0 Å². The topological polar surface area (TPSA) is 0 Å². The smallest absolute Gasteiger partial charge is 0.00264 e. The molecule has 0 N–H and O–H groups in total. The predicted molar refractivity (Wildman–Crippen MR) is 232 cm³/mol. The van der Waals surface area contributed by atoms with Crippen LogP contribution in [0, 0.1) is 0 Å². The van der Waals surface area contributed by atoms with Crippen molar-refractivity contribution >= 4 is 32.3 Å². The maximum absolute atomic E-state index is 2.36. The van der Waals surface area contributed by atoms with Crippen molar-refractivity contribution in [2.45, 2.75) is 0 Å². The molecule has 0 amide bonds. The van der Waals surface area contributed by atoms with Gasteiger partial charge in [-0.05, 0) is 99.1 Å². The van der Waals surface area contributed by atoms with Crippen molar-refractivity contribution in [1.82, 2.24) is 0 Å². The molecule has 0 aliphatic heterocycles. The van der Waals surface area contributed by atoms with E-state index in [-0.39, 0.29) is 0 Å². The summed E-state index contributed by atoms with van der Waals surface area (Å²) in [5, 5.41) is 7.49. The molecule has 54 heavy (non-hydrogen) atoms. The molecular weight excluding hydrogens is 649 g/mol. The van der Waals surface area contributed by atoms with Crippen molar-refractivity contribution < 1.29 is 0 Å². The zero-order valence-corrected chi connectivity index (χ0v) is 29.8. The molecular formula is C54H36. The number of rotatable bonds is 6. The lowest BCUT2D eigenvalue weighted by atomic mass is 9.82. The standard InChI is InChI=1S/C54H36/c1-5-17-37(18-6-1)41-29-31-47(45-27-15-13-25-43(41)45)49-33-35-52-51(53(49)39-21-9-3-10-22-39)36-34-50(54(52)40-23-11-4-12-24-40)48-32-30-42(38-19-7-2-8-20-38)44-26-14-16-28-46(44)48/h1-36H. The summed E-state index contributed by atoms with van der Waals surface area (Å²) in [7, 11) is 0. The normalized spacial score (nSPS) is 11.3. The van der Waals surface area contributed by atoms with Gasteiger partial charge in [0.15, 0.2) is 0 Å². The van der Waals surface area contributed by atoms with Gasteiger partial charge in [-0.25, -0.2) is 0 Å². The van der Waals surface area contributed by atoms with Crippen molar-refractivity contribution in [1.29, 1.82) is 0 Å². The van der Waals surface area contributed by atoms with Crippen LogP contribution in [0.5, 0.6) is 0 Å². The van der Waals surface area contributed by atoms with Crippen molar-refractivity contribution in [3.63, 3.8) is 0 Å². The lowest BCUT2D eigenvalue weighted by Gasteiger charge is -2.21. The Balaban J connectivity index is 1.26. The van der Waals surface area contributed by atoms with Gasteiger partial charge in [-0.2, -0.15) is 0 Å². The molecule has 0 nitrogen and oxygen atoms in total. The maximum Gasteiger partial charge on any atom is -0.00264 e. The Hall–Kier alpha value is -7.02. The van der Waals surface area contributed by atoms with Gasteiger partial charge in [0, 0.05) is 0 Å². The quantitative estimate of drug-likeness (QED) is 0.164. The summed E-state index contributed by atoms with van der Waals surface area (Å²) in [4.78, 5) is 0. The van der Waals surface area contributed by atoms with E-state index in [1.165, 1.54) is 99.1 Å².